The van der Waals surface area contributed by atoms with E-state index in [1.807, 2.05) is 0 Å². The van der Waals surface area contributed by atoms with Crippen molar-refractivity contribution in [3.05, 3.63) is 0 Å². The summed E-state index contributed by atoms with van der Waals surface area (Å²) in [5.74, 6) is 0. The van der Waals surface area contributed by atoms with Crippen molar-refractivity contribution in [3.63, 3.8) is 0 Å². The smallest absolute Gasteiger partial charge is 0.0431 e. The predicted octanol–water partition coefficient (Wildman–Crippen LogP) is 2.64. The van der Waals surface area contributed by atoms with E-state index < -0.39 is 0 Å². The molecular weight excluding hydrogens is 236 g/mol. The van der Waals surface area contributed by atoms with Crippen LogP contribution in [0.2, 0.25) is 0 Å². The molecule has 1 atom stereocenters. The van der Waals surface area contributed by atoms with Crippen LogP contribution in [0.5, 0.6) is 0 Å². The molecule has 1 aliphatic rings. The van der Waals surface area contributed by atoms with Gasteiger partial charge in [0, 0.05) is 25.7 Å². The maximum atomic E-state index is 8.79. The lowest BCUT2D eigenvalue weighted by atomic mass is 9.84. The molecule has 0 heterocycles. The zero-order valence-electron chi connectivity index (χ0n) is 13.2. The van der Waals surface area contributed by atoms with E-state index in [0.29, 0.717) is 12.0 Å². The number of unbranched alkanes of at least 4 members (excludes halogenated alkanes) is 2. The van der Waals surface area contributed by atoms with Gasteiger partial charge in [-0.15, -0.1) is 0 Å². The van der Waals surface area contributed by atoms with Crippen molar-refractivity contribution in [2.45, 2.75) is 64.8 Å². The van der Waals surface area contributed by atoms with Gasteiger partial charge in [-0.05, 0) is 57.5 Å². The van der Waals surface area contributed by atoms with Crippen LogP contribution in [-0.2, 0) is 0 Å². The van der Waals surface area contributed by atoms with E-state index in [0.717, 1.165) is 32.0 Å². The monoisotopic (exact) mass is 270 g/mol. The van der Waals surface area contributed by atoms with Crippen LogP contribution >= 0.6 is 0 Å². The van der Waals surface area contributed by atoms with E-state index in [9.17, 15) is 0 Å². The third-order valence-electron chi connectivity index (χ3n) is 4.10. The van der Waals surface area contributed by atoms with Crippen molar-refractivity contribution in [1.29, 1.82) is 0 Å². The molecule has 0 amide bonds. The Morgan fingerprint density at radius 3 is 2.58 bits per heavy atom. The fourth-order valence-electron chi connectivity index (χ4n) is 2.91. The molecule has 1 unspecified atom stereocenters. The molecular formula is C16H34N2O. The van der Waals surface area contributed by atoms with E-state index in [1.54, 1.807) is 0 Å². The summed E-state index contributed by atoms with van der Waals surface area (Å²) in [6.07, 6.45) is 8.61. The largest absolute Gasteiger partial charge is 0.396 e. The SMILES string of the molecule is CCCC(C)(CNC1CC1)CN(C)CCCCCO. The molecule has 0 spiro atoms. The van der Waals surface area contributed by atoms with Crippen LogP contribution < -0.4 is 5.32 Å². The summed E-state index contributed by atoms with van der Waals surface area (Å²) in [5.41, 5.74) is 0.406. The van der Waals surface area contributed by atoms with Crippen molar-refractivity contribution < 1.29 is 5.11 Å². The average molecular weight is 270 g/mol. The van der Waals surface area contributed by atoms with Gasteiger partial charge in [-0.3, -0.25) is 0 Å². The second-order valence-electron chi connectivity index (χ2n) is 6.74. The van der Waals surface area contributed by atoms with Crippen LogP contribution in [0.4, 0.5) is 0 Å². The Hall–Kier alpha value is -0.120. The first-order valence-electron chi connectivity index (χ1n) is 8.12. The molecule has 0 aliphatic heterocycles. The highest BCUT2D eigenvalue weighted by Gasteiger charge is 2.28. The zero-order valence-corrected chi connectivity index (χ0v) is 13.2. The molecule has 0 saturated heterocycles. The Kier molecular flexibility index (Phi) is 7.96. The van der Waals surface area contributed by atoms with Gasteiger partial charge in [0.2, 0.25) is 0 Å². The third kappa shape index (κ3) is 7.91. The Labute approximate surface area is 119 Å². The van der Waals surface area contributed by atoms with Gasteiger partial charge in [0.05, 0.1) is 0 Å². The number of aliphatic hydroxyl groups is 1. The normalized spacial score (nSPS) is 18.8. The topological polar surface area (TPSA) is 35.5 Å². The average Bonchev–Trinajstić information content (AvgIpc) is 3.17. The molecule has 0 bridgehead atoms. The summed E-state index contributed by atoms with van der Waals surface area (Å²) in [6.45, 7) is 8.55. The van der Waals surface area contributed by atoms with Gasteiger partial charge in [-0.1, -0.05) is 20.3 Å². The Bertz CT molecular complexity index is 231. The quantitative estimate of drug-likeness (QED) is 0.535. The van der Waals surface area contributed by atoms with Gasteiger partial charge >= 0.3 is 0 Å². The Morgan fingerprint density at radius 1 is 1.26 bits per heavy atom. The van der Waals surface area contributed by atoms with Crippen LogP contribution in [0.15, 0.2) is 0 Å². The standard InChI is InChI=1S/C16H34N2O/c1-4-10-16(2,13-17-15-8-9-15)14-18(3)11-6-5-7-12-19/h15,17,19H,4-14H2,1-3H3. The number of aliphatic hydroxyl groups excluding tert-OH is 1. The molecule has 0 radical (unpaired) electrons. The number of nitrogens with one attached hydrogen (secondary N) is 1. The van der Waals surface area contributed by atoms with E-state index >= 15 is 0 Å². The summed E-state index contributed by atoms with van der Waals surface area (Å²) in [7, 11) is 2.24. The van der Waals surface area contributed by atoms with Crippen molar-refractivity contribution in [1.82, 2.24) is 10.2 Å². The third-order valence-corrected chi connectivity index (χ3v) is 4.10. The molecule has 19 heavy (non-hydrogen) atoms. The predicted molar refractivity (Wildman–Crippen MR) is 82.5 cm³/mol. The molecule has 1 fully saturated rings. The first-order chi connectivity index (χ1) is 9.09. The maximum Gasteiger partial charge on any atom is 0.0431 e. The van der Waals surface area contributed by atoms with E-state index in [4.69, 9.17) is 5.11 Å². The summed E-state index contributed by atoms with van der Waals surface area (Å²) in [5, 5.41) is 12.5. The number of rotatable bonds is 12. The fourth-order valence-corrected chi connectivity index (χ4v) is 2.91. The van der Waals surface area contributed by atoms with Gasteiger partial charge in [0.25, 0.3) is 0 Å². The minimum Gasteiger partial charge on any atom is -0.396 e. The van der Waals surface area contributed by atoms with Crippen molar-refractivity contribution >= 4 is 0 Å². The number of hydrogen-bond acceptors (Lipinski definition) is 3. The Balaban J connectivity index is 2.24. The highest BCUT2D eigenvalue weighted by molar-refractivity contribution is 4.86. The summed E-state index contributed by atoms with van der Waals surface area (Å²) >= 11 is 0. The van der Waals surface area contributed by atoms with Gasteiger partial charge < -0.3 is 15.3 Å². The van der Waals surface area contributed by atoms with Gasteiger partial charge in [0.1, 0.15) is 0 Å². The second-order valence-corrected chi connectivity index (χ2v) is 6.74. The van der Waals surface area contributed by atoms with Gasteiger partial charge in [-0.25, -0.2) is 0 Å². The lowest BCUT2D eigenvalue weighted by Gasteiger charge is -2.34. The first-order valence-corrected chi connectivity index (χ1v) is 8.12. The molecule has 3 heteroatoms. The second kappa shape index (κ2) is 8.93. The van der Waals surface area contributed by atoms with Crippen molar-refractivity contribution in [3.8, 4) is 0 Å². The number of hydrogen-bond donors (Lipinski definition) is 2. The molecule has 1 aliphatic carbocycles. The highest BCUT2D eigenvalue weighted by atomic mass is 16.2. The minimum absolute atomic E-state index is 0.336. The molecule has 1 rings (SSSR count). The lowest BCUT2D eigenvalue weighted by molar-refractivity contribution is 0.169. The molecule has 2 N–H and O–H groups in total. The van der Waals surface area contributed by atoms with Crippen LogP contribution in [0.25, 0.3) is 0 Å². The van der Waals surface area contributed by atoms with Crippen LogP contribution in [0.3, 0.4) is 0 Å². The van der Waals surface area contributed by atoms with E-state index in [2.05, 4.69) is 31.1 Å². The van der Waals surface area contributed by atoms with Crippen LogP contribution in [0, 0.1) is 5.41 Å². The molecule has 1 saturated carbocycles. The minimum atomic E-state index is 0.336. The van der Waals surface area contributed by atoms with Crippen molar-refractivity contribution in [2.24, 2.45) is 5.41 Å². The first kappa shape index (κ1) is 16.9. The van der Waals surface area contributed by atoms with Gasteiger partial charge in [0.15, 0.2) is 0 Å². The van der Waals surface area contributed by atoms with Gasteiger partial charge in [-0.2, -0.15) is 0 Å². The lowest BCUT2D eigenvalue weighted by Crippen LogP contribution is -2.42. The maximum absolute atomic E-state index is 8.79. The van der Waals surface area contributed by atoms with E-state index in [-0.39, 0.29) is 0 Å². The molecule has 0 aromatic carbocycles. The zero-order chi connectivity index (χ0) is 14.1. The van der Waals surface area contributed by atoms with Crippen molar-refractivity contribution in [2.75, 3.05) is 33.3 Å². The van der Waals surface area contributed by atoms with Crippen LogP contribution in [-0.4, -0.2) is 49.3 Å². The van der Waals surface area contributed by atoms with E-state index in [1.165, 1.54) is 38.6 Å². The van der Waals surface area contributed by atoms with Crippen LogP contribution in [0.1, 0.15) is 58.8 Å². The molecule has 0 aromatic heterocycles. The summed E-state index contributed by atoms with van der Waals surface area (Å²) in [6, 6.07) is 0.811. The highest BCUT2D eigenvalue weighted by Crippen LogP contribution is 2.26. The molecule has 0 aromatic rings. The fraction of sp³-hybridized carbons (Fsp3) is 1.00. The molecule has 114 valence electrons. The Morgan fingerprint density at radius 2 is 2.00 bits per heavy atom. The summed E-state index contributed by atoms with van der Waals surface area (Å²) in [4.78, 5) is 2.47. The summed E-state index contributed by atoms with van der Waals surface area (Å²) < 4.78 is 0. The molecule has 3 nitrogen and oxygen atoms in total. The number of nitrogens with zero attached hydrogens (tertiary/aromatic N) is 1.